The van der Waals surface area contributed by atoms with Gasteiger partial charge in [-0.25, -0.2) is 9.69 Å². The second-order valence-corrected chi connectivity index (χ2v) is 8.74. The summed E-state index contributed by atoms with van der Waals surface area (Å²) in [5.74, 6) is -1.95. The Balaban J connectivity index is 1.23. The fourth-order valence-electron chi connectivity index (χ4n) is 5.16. The number of esters is 1. The Morgan fingerprint density at radius 2 is 1.67 bits per heavy atom. The number of ether oxygens (including phenoxy) is 1. The molecule has 33 heavy (non-hydrogen) atoms. The average molecular weight is 444 g/mol. The Morgan fingerprint density at radius 1 is 1.00 bits per heavy atom. The molecule has 7 nitrogen and oxygen atoms in total. The molecule has 1 saturated carbocycles. The van der Waals surface area contributed by atoms with Gasteiger partial charge in [-0.05, 0) is 60.6 Å². The van der Waals surface area contributed by atoms with E-state index in [1.807, 2.05) is 31.2 Å². The van der Waals surface area contributed by atoms with Crippen molar-refractivity contribution in [2.45, 2.75) is 19.8 Å². The van der Waals surface area contributed by atoms with Crippen molar-refractivity contribution in [3.63, 3.8) is 0 Å². The topological polar surface area (TPSA) is 92.8 Å². The first kappa shape index (κ1) is 21.1. The molecule has 1 aliphatic heterocycles. The Morgan fingerprint density at radius 3 is 2.30 bits per heavy atom. The summed E-state index contributed by atoms with van der Waals surface area (Å²) < 4.78 is 5.15. The molecule has 0 aromatic heterocycles. The van der Waals surface area contributed by atoms with Gasteiger partial charge in [0.15, 0.2) is 6.61 Å². The maximum Gasteiger partial charge on any atom is 0.338 e. The van der Waals surface area contributed by atoms with E-state index < -0.39 is 18.5 Å². The van der Waals surface area contributed by atoms with Crippen LogP contribution in [0.15, 0.2) is 60.7 Å². The molecule has 2 aliphatic carbocycles. The number of hydrogen-bond donors (Lipinski definition) is 1. The van der Waals surface area contributed by atoms with Gasteiger partial charge in [0, 0.05) is 5.69 Å². The third-order valence-electron chi connectivity index (χ3n) is 6.79. The number of carbonyl (C=O) groups is 4. The second kappa shape index (κ2) is 8.31. The molecule has 3 amide bonds. The van der Waals surface area contributed by atoms with Gasteiger partial charge in [-0.2, -0.15) is 0 Å². The summed E-state index contributed by atoms with van der Waals surface area (Å²) in [4.78, 5) is 51.9. The van der Waals surface area contributed by atoms with Gasteiger partial charge < -0.3 is 10.1 Å². The van der Waals surface area contributed by atoms with E-state index in [0.717, 1.165) is 18.4 Å². The monoisotopic (exact) mass is 444 g/mol. The summed E-state index contributed by atoms with van der Waals surface area (Å²) in [6.45, 7) is 1.60. The van der Waals surface area contributed by atoms with Gasteiger partial charge in [0.2, 0.25) is 11.8 Å². The molecular weight excluding hydrogens is 420 g/mol. The zero-order chi connectivity index (χ0) is 23.1. The lowest BCUT2D eigenvalue weighted by Crippen LogP contribution is -2.33. The number of allylic oxidation sites excluding steroid dienone is 2. The standard InChI is InChI=1S/C26H24N2O5/c1-2-15-6-10-19(11-7-15)27-21(29)14-33-26(32)18-4-3-5-20(13-18)28-24(30)22-16-8-9-17(12-16)23(22)25(28)31/h3-11,13,16-17,22-23H,2,12,14H2,1H3,(H,27,29)/t16-,17-,22-,23+/m0/s1. The maximum absolute atomic E-state index is 13.0. The van der Waals surface area contributed by atoms with Gasteiger partial charge in [-0.15, -0.1) is 0 Å². The fraction of sp³-hybridized carbons (Fsp3) is 0.308. The van der Waals surface area contributed by atoms with Crippen LogP contribution in [-0.4, -0.2) is 30.3 Å². The lowest BCUT2D eigenvalue weighted by Gasteiger charge is -2.18. The van der Waals surface area contributed by atoms with Crippen molar-refractivity contribution in [1.82, 2.24) is 0 Å². The average Bonchev–Trinajstić information content (AvgIpc) is 3.51. The van der Waals surface area contributed by atoms with Crippen LogP contribution in [0, 0.1) is 23.7 Å². The number of aryl methyl sites for hydroxylation is 1. The van der Waals surface area contributed by atoms with E-state index in [-0.39, 0.29) is 41.0 Å². The highest BCUT2D eigenvalue weighted by atomic mass is 16.5. The molecule has 2 fully saturated rings. The fourth-order valence-corrected chi connectivity index (χ4v) is 5.16. The van der Waals surface area contributed by atoms with Gasteiger partial charge in [-0.3, -0.25) is 14.4 Å². The lowest BCUT2D eigenvalue weighted by atomic mass is 9.85. The molecular formula is C26H24N2O5. The molecule has 1 saturated heterocycles. The van der Waals surface area contributed by atoms with Crippen LogP contribution >= 0.6 is 0 Å². The summed E-state index contributed by atoms with van der Waals surface area (Å²) in [5, 5.41) is 2.68. The van der Waals surface area contributed by atoms with Crippen LogP contribution in [0.4, 0.5) is 11.4 Å². The molecule has 2 bridgehead atoms. The molecule has 2 aromatic rings. The SMILES string of the molecule is CCc1ccc(NC(=O)COC(=O)c2cccc(N3C(=O)[C@@H]4[C@H](C3=O)[C@H]3C=C[C@H]4C3)c2)cc1. The Bertz CT molecular complexity index is 1140. The zero-order valence-electron chi connectivity index (χ0n) is 18.2. The number of imide groups is 1. The van der Waals surface area contributed by atoms with Crippen LogP contribution in [0.25, 0.3) is 0 Å². The van der Waals surface area contributed by atoms with Crippen molar-refractivity contribution in [3.8, 4) is 0 Å². The van der Waals surface area contributed by atoms with Crippen molar-refractivity contribution in [3.05, 3.63) is 71.8 Å². The molecule has 4 atom stereocenters. The van der Waals surface area contributed by atoms with Gasteiger partial charge in [0.1, 0.15) is 0 Å². The summed E-state index contributed by atoms with van der Waals surface area (Å²) in [7, 11) is 0. The number of carbonyl (C=O) groups excluding carboxylic acids is 4. The number of nitrogens with zero attached hydrogens (tertiary/aromatic N) is 1. The van der Waals surface area contributed by atoms with Crippen LogP contribution in [0.2, 0.25) is 0 Å². The Labute approximate surface area is 191 Å². The van der Waals surface area contributed by atoms with E-state index in [9.17, 15) is 19.2 Å². The first-order valence-corrected chi connectivity index (χ1v) is 11.2. The maximum atomic E-state index is 13.0. The van der Waals surface area contributed by atoms with Crippen molar-refractivity contribution < 1.29 is 23.9 Å². The van der Waals surface area contributed by atoms with Gasteiger partial charge in [0.25, 0.3) is 5.91 Å². The molecule has 1 heterocycles. The minimum absolute atomic E-state index is 0.117. The highest BCUT2D eigenvalue weighted by Crippen LogP contribution is 2.53. The number of benzene rings is 2. The van der Waals surface area contributed by atoms with Crippen LogP contribution in [0.1, 0.15) is 29.3 Å². The molecule has 7 heteroatoms. The van der Waals surface area contributed by atoms with Gasteiger partial charge >= 0.3 is 5.97 Å². The number of anilines is 2. The lowest BCUT2D eigenvalue weighted by molar-refractivity contribution is -0.123. The minimum Gasteiger partial charge on any atom is -0.452 e. The second-order valence-electron chi connectivity index (χ2n) is 8.74. The summed E-state index contributed by atoms with van der Waals surface area (Å²) >= 11 is 0. The van der Waals surface area contributed by atoms with Crippen LogP contribution in [0.3, 0.4) is 0 Å². The van der Waals surface area contributed by atoms with Crippen molar-refractivity contribution in [1.29, 1.82) is 0 Å². The van der Waals surface area contributed by atoms with E-state index in [4.69, 9.17) is 4.74 Å². The smallest absolute Gasteiger partial charge is 0.338 e. The largest absolute Gasteiger partial charge is 0.452 e. The predicted octanol–water partition coefficient (Wildman–Crippen LogP) is 3.36. The molecule has 5 rings (SSSR count). The summed E-state index contributed by atoms with van der Waals surface area (Å²) in [5.41, 5.74) is 2.30. The number of amides is 3. The predicted molar refractivity (Wildman–Crippen MR) is 121 cm³/mol. The van der Waals surface area contributed by atoms with Crippen LogP contribution in [0.5, 0.6) is 0 Å². The first-order valence-electron chi connectivity index (χ1n) is 11.2. The van der Waals surface area contributed by atoms with E-state index in [0.29, 0.717) is 11.4 Å². The molecule has 2 aromatic carbocycles. The Hall–Kier alpha value is -3.74. The van der Waals surface area contributed by atoms with Crippen LogP contribution < -0.4 is 10.2 Å². The number of nitrogens with one attached hydrogen (secondary N) is 1. The van der Waals surface area contributed by atoms with Crippen LogP contribution in [-0.2, 0) is 25.5 Å². The van der Waals surface area contributed by atoms with Crippen molar-refractivity contribution in [2.24, 2.45) is 23.7 Å². The molecule has 0 unspecified atom stereocenters. The third kappa shape index (κ3) is 3.73. The van der Waals surface area contributed by atoms with E-state index in [2.05, 4.69) is 5.32 Å². The molecule has 168 valence electrons. The molecule has 0 radical (unpaired) electrons. The van der Waals surface area contributed by atoms with Gasteiger partial charge in [-0.1, -0.05) is 37.3 Å². The zero-order valence-corrected chi connectivity index (χ0v) is 18.2. The normalized spacial score (nSPS) is 24.8. The van der Waals surface area contributed by atoms with Crippen molar-refractivity contribution in [2.75, 3.05) is 16.8 Å². The quantitative estimate of drug-likeness (QED) is 0.419. The van der Waals surface area contributed by atoms with Gasteiger partial charge in [0.05, 0.1) is 23.1 Å². The van der Waals surface area contributed by atoms with E-state index in [1.54, 1.807) is 24.3 Å². The third-order valence-corrected chi connectivity index (χ3v) is 6.79. The number of rotatable bonds is 6. The Kier molecular flexibility index (Phi) is 5.32. The highest BCUT2D eigenvalue weighted by molar-refractivity contribution is 6.23. The van der Waals surface area contributed by atoms with E-state index >= 15 is 0 Å². The summed E-state index contributed by atoms with van der Waals surface area (Å²) in [6, 6.07) is 13.7. The van der Waals surface area contributed by atoms with Crippen molar-refractivity contribution >= 4 is 35.1 Å². The molecule has 0 spiro atoms. The first-order chi connectivity index (χ1) is 16.0. The molecule has 3 aliphatic rings. The summed E-state index contributed by atoms with van der Waals surface area (Å²) in [6.07, 6.45) is 5.84. The number of fused-ring (bicyclic) bond motifs is 5. The minimum atomic E-state index is -0.700. The molecule has 1 N–H and O–H groups in total. The highest BCUT2D eigenvalue weighted by Gasteiger charge is 2.59. The van der Waals surface area contributed by atoms with E-state index in [1.165, 1.54) is 17.0 Å². The number of hydrogen-bond acceptors (Lipinski definition) is 5.